The number of aliphatic hydroxyl groups is 1. The Labute approximate surface area is 94.0 Å². The van der Waals surface area contributed by atoms with E-state index in [9.17, 15) is 5.11 Å². The molecule has 3 unspecified atom stereocenters. The van der Waals surface area contributed by atoms with Gasteiger partial charge in [-0.05, 0) is 38.0 Å². The van der Waals surface area contributed by atoms with Crippen LogP contribution in [-0.4, -0.2) is 23.9 Å². The Balaban J connectivity index is 1.99. The number of rotatable bonds is 6. The molecule has 15 heavy (non-hydrogen) atoms. The minimum atomic E-state index is -0.126. The first-order valence-electron chi connectivity index (χ1n) is 6.52. The molecule has 0 radical (unpaired) electrons. The van der Waals surface area contributed by atoms with Crippen molar-refractivity contribution < 1.29 is 9.84 Å². The van der Waals surface area contributed by atoms with Crippen LogP contribution in [0.15, 0.2) is 0 Å². The molecule has 2 nitrogen and oxygen atoms in total. The summed E-state index contributed by atoms with van der Waals surface area (Å²) in [6.07, 6.45) is 8.28. The summed E-state index contributed by atoms with van der Waals surface area (Å²) in [5.74, 6) is 0.838. The van der Waals surface area contributed by atoms with Crippen LogP contribution >= 0.6 is 0 Å². The Morgan fingerprint density at radius 1 is 1.40 bits per heavy atom. The first-order valence-corrected chi connectivity index (χ1v) is 6.52. The molecule has 0 aliphatic heterocycles. The quantitative estimate of drug-likeness (QED) is 0.688. The molecule has 0 aromatic rings. The summed E-state index contributed by atoms with van der Waals surface area (Å²) in [5.41, 5.74) is 0. The van der Waals surface area contributed by atoms with Gasteiger partial charge in [0.25, 0.3) is 0 Å². The van der Waals surface area contributed by atoms with Crippen molar-refractivity contribution in [2.75, 3.05) is 6.61 Å². The summed E-state index contributed by atoms with van der Waals surface area (Å²) in [4.78, 5) is 0. The molecule has 0 heterocycles. The van der Waals surface area contributed by atoms with E-state index in [0.717, 1.165) is 31.8 Å². The van der Waals surface area contributed by atoms with Crippen molar-refractivity contribution in [3.63, 3.8) is 0 Å². The average molecular weight is 214 g/mol. The maximum absolute atomic E-state index is 9.38. The van der Waals surface area contributed by atoms with Gasteiger partial charge >= 0.3 is 0 Å². The minimum Gasteiger partial charge on any atom is -0.393 e. The molecule has 2 heteroatoms. The fraction of sp³-hybridized carbons (Fsp3) is 1.00. The van der Waals surface area contributed by atoms with Gasteiger partial charge in [0, 0.05) is 6.61 Å². The van der Waals surface area contributed by atoms with E-state index in [1.165, 1.54) is 25.7 Å². The molecule has 90 valence electrons. The van der Waals surface area contributed by atoms with Crippen LogP contribution in [0.4, 0.5) is 0 Å². The summed E-state index contributed by atoms with van der Waals surface area (Å²) in [5, 5.41) is 9.38. The lowest BCUT2D eigenvalue weighted by molar-refractivity contribution is 0.00934. The third-order valence-corrected chi connectivity index (χ3v) is 3.39. The summed E-state index contributed by atoms with van der Waals surface area (Å²) in [7, 11) is 0. The molecule has 1 aliphatic carbocycles. The zero-order chi connectivity index (χ0) is 11.1. The van der Waals surface area contributed by atoms with Crippen molar-refractivity contribution >= 4 is 0 Å². The van der Waals surface area contributed by atoms with Crippen LogP contribution in [0, 0.1) is 5.92 Å². The Kier molecular flexibility index (Phi) is 6.26. The Morgan fingerprint density at radius 2 is 2.20 bits per heavy atom. The van der Waals surface area contributed by atoms with Gasteiger partial charge in [0.05, 0.1) is 12.2 Å². The molecule has 1 fully saturated rings. The molecule has 1 rings (SSSR count). The monoisotopic (exact) mass is 214 g/mol. The van der Waals surface area contributed by atoms with Crippen LogP contribution in [0.1, 0.15) is 58.8 Å². The topological polar surface area (TPSA) is 29.5 Å². The Morgan fingerprint density at radius 3 is 2.87 bits per heavy atom. The standard InChI is InChI=1S/C13H26O2/c1-3-12(14)7-5-9-15-13-8-4-6-11(2)10-13/h11-14H,3-10H2,1-2H3. The van der Waals surface area contributed by atoms with E-state index in [2.05, 4.69) is 6.92 Å². The molecular formula is C13H26O2. The highest BCUT2D eigenvalue weighted by Gasteiger charge is 2.18. The summed E-state index contributed by atoms with van der Waals surface area (Å²) >= 11 is 0. The first kappa shape index (κ1) is 13.0. The normalized spacial score (nSPS) is 29.0. The van der Waals surface area contributed by atoms with E-state index in [4.69, 9.17) is 4.74 Å². The third kappa shape index (κ3) is 5.53. The van der Waals surface area contributed by atoms with E-state index >= 15 is 0 Å². The van der Waals surface area contributed by atoms with Crippen molar-refractivity contribution in [1.82, 2.24) is 0 Å². The molecule has 0 aromatic carbocycles. The molecule has 1 N–H and O–H groups in total. The molecule has 0 amide bonds. The van der Waals surface area contributed by atoms with Gasteiger partial charge in [0.15, 0.2) is 0 Å². The van der Waals surface area contributed by atoms with Gasteiger partial charge in [-0.1, -0.05) is 26.7 Å². The van der Waals surface area contributed by atoms with Crippen LogP contribution in [0.25, 0.3) is 0 Å². The molecular weight excluding hydrogens is 188 g/mol. The molecule has 0 saturated heterocycles. The smallest absolute Gasteiger partial charge is 0.0577 e. The van der Waals surface area contributed by atoms with Crippen LogP contribution in [0.2, 0.25) is 0 Å². The fourth-order valence-corrected chi connectivity index (χ4v) is 2.30. The van der Waals surface area contributed by atoms with E-state index < -0.39 is 0 Å². The second-order valence-electron chi connectivity index (χ2n) is 4.97. The maximum Gasteiger partial charge on any atom is 0.0577 e. The second kappa shape index (κ2) is 7.24. The second-order valence-corrected chi connectivity index (χ2v) is 4.97. The van der Waals surface area contributed by atoms with Crippen molar-refractivity contribution in [3.05, 3.63) is 0 Å². The maximum atomic E-state index is 9.38. The van der Waals surface area contributed by atoms with Crippen LogP contribution in [-0.2, 0) is 4.74 Å². The Hall–Kier alpha value is -0.0800. The van der Waals surface area contributed by atoms with Gasteiger partial charge in [-0.15, -0.1) is 0 Å². The molecule has 1 aliphatic rings. The van der Waals surface area contributed by atoms with Crippen LogP contribution in [0.3, 0.4) is 0 Å². The van der Waals surface area contributed by atoms with Crippen molar-refractivity contribution in [2.45, 2.75) is 71.0 Å². The van der Waals surface area contributed by atoms with Gasteiger partial charge < -0.3 is 9.84 Å². The Bertz CT molecular complexity index is 159. The number of hydrogen-bond donors (Lipinski definition) is 1. The average Bonchev–Trinajstić information content (AvgIpc) is 2.24. The van der Waals surface area contributed by atoms with E-state index in [0.29, 0.717) is 6.10 Å². The van der Waals surface area contributed by atoms with Gasteiger partial charge in [-0.3, -0.25) is 0 Å². The minimum absolute atomic E-state index is 0.126. The van der Waals surface area contributed by atoms with E-state index in [-0.39, 0.29) is 6.10 Å². The fourth-order valence-electron chi connectivity index (χ4n) is 2.30. The van der Waals surface area contributed by atoms with Crippen LogP contribution < -0.4 is 0 Å². The molecule has 1 saturated carbocycles. The van der Waals surface area contributed by atoms with E-state index in [1.807, 2.05) is 6.92 Å². The number of ether oxygens (including phenoxy) is 1. The lowest BCUT2D eigenvalue weighted by Gasteiger charge is -2.26. The summed E-state index contributed by atoms with van der Waals surface area (Å²) in [6.45, 7) is 5.17. The zero-order valence-corrected chi connectivity index (χ0v) is 10.2. The lowest BCUT2D eigenvalue weighted by Crippen LogP contribution is -2.22. The largest absolute Gasteiger partial charge is 0.393 e. The van der Waals surface area contributed by atoms with Gasteiger partial charge in [0.1, 0.15) is 0 Å². The lowest BCUT2D eigenvalue weighted by atomic mass is 9.89. The van der Waals surface area contributed by atoms with Crippen LogP contribution in [0.5, 0.6) is 0 Å². The highest BCUT2D eigenvalue weighted by atomic mass is 16.5. The molecule has 0 aromatic heterocycles. The molecule has 0 bridgehead atoms. The summed E-state index contributed by atoms with van der Waals surface area (Å²) in [6, 6.07) is 0. The van der Waals surface area contributed by atoms with Gasteiger partial charge in [0.2, 0.25) is 0 Å². The third-order valence-electron chi connectivity index (χ3n) is 3.39. The number of hydrogen-bond acceptors (Lipinski definition) is 2. The molecule has 3 atom stereocenters. The van der Waals surface area contributed by atoms with Crippen molar-refractivity contribution in [1.29, 1.82) is 0 Å². The predicted octanol–water partition coefficient (Wildman–Crippen LogP) is 3.13. The highest BCUT2D eigenvalue weighted by molar-refractivity contribution is 4.70. The SMILES string of the molecule is CCC(O)CCCOC1CCCC(C)C1. The number of aliphatic hydroxyl groups excluding tert-OH is 1. The van der Waals surface area contributed by atoms with Gasteiger partial charge in [-0.2, -0.15) is 0 Å². The van der Waals surface area contributed by atoms with Gasteiger partial charge in [-0.25, -0.2) is 0 Å². The zero-order valence-electron chi connectivity index (χ0n) is 10.2. The van der Waals surface area contributed by atoms with Crippen molar-refractivity contribution in [2.24, 2.45) is 5.92 Å². The first-order chi connectivity index (χ1) is 7.22. The van der Waals surface area contributed by atoms with E-state index in [1.54, 1.807) is 0 Å². The highest BCUT2D eigenvalue weighted by Crippen LogP contribution is 2.25. The predicted molar refractivity (Wildman–Crippen MR) is 62.9 cm³/mol. The van der Waals surface area contributed by atoms with Crippen molar-refractivity contribution in [3.8, 4) is 0 Å². The summed E-state index contributed by atoms with van der Waals surface area (Å²) < 4.78 is 5.84. The molecule has 0 spiro atoms.